The minimum Gasteiger partial charge on any atom is -0.480 e. The highest BCUT2D eigenvalue weighted by Crippen LogP contribution is 2.31. The third kappa shape index (κ3) is 2.94. The van der Waals surface area contributed by atoms with E-state index < -0.39 is 21.5 Å². The summed E-state index contributed by atoms with van der Waals surface area (Å²) in [5, 5.41) is 10.1. The standard InChI is InChI=1S/C16H18N2O4S/c19-15(20)16(9-2-1-3-10-16)18-23(21,22)14-8-4-7-13-12(14)6-5-11-17-13/h4-8,11,18H,1-3,9-10H2,(H,19,20). The van der Waals surface area contributed by atoms with E-state index in [9.17, 15) is 18.3 Å². The third-order valence-electron chi connectivity index (χ3n) is 4.34. The molecular formula is C16H18N2O4S. The van der Waals surface area contributed by atoms with Gasteiger partial charge in [-0.3, -0.25) is 9.78 Å². The molecule has 0 atom stereocenters. The van der Waals surface area contributed by atoms with Gasteiger partial charge < -0.3 is 5.11 Å². The van der Waals surface area contributed by atoms with Crippen molar-refractivity contribution in [1.82, 2.24) is 9.71 Å². The molecule has 0 aliphatic heterocycles. The van der Waals surface area contributed by atoms with E-state index >= 15 is 0 Å². The van der Waals surface area contributed by atoms with Crippen LogP contribution in [0.2, 0.25) is 0 Å². The Morgan fingerprint density at radius 1 is 1.13 bits per heavy atom. The van der Waals surface area contributed by atoms with E-state index in [1.54, 1.807) is 30.5 Å². The average molecular weight is 334 g/mol. The van der Waals surface area contributed by atoms with E-state index in [1.165, 1.54) is 6.07 Å². The Morgan fingerprint density at radius 3 is 2.57 bits per heavy atom. The number of rotatable bonds is 4. The fourth-order valence-corrected chi connectivity index (χ4v) is 4.77. The number of carboxylic acids is 1. The highest BCUT2D eigenvalue weighted by Gasteiger charge is 2.43. The van der Waals surface area contributed by atoms with Crippen LogP contribution in [-0.2, 0) is 14.8 Å². The zero-order valence-electron chi connectivity index (χ0n) is 12.5. The minimum atomic E-state index is -3.96. The Hall–Kier alpha value is -1.99. The van der Waals surface area contributed by atoms with Gasteiger partial charge in [0.25, 0.3) is 0 Å². The summed E-state index contributed by atoms with van der Waals surface area (Å²) in [7, 11) is -3.96. The summed E-state index contributed by atoms with van der Waals surface area (Å²) < 4.78 is 28.1. The van der Waals surface area contributed by atoms with Crippen LogP contribution >= 0.6 is 0 Å². The van der Waals surface area contributed by atoms with Gasteiger partial charge in [-0.25, -0.2) is 8.42 Å². The van der Waals surface area contributed by atoms with Crippen LogP contribution in [0.5, 0.6) is 0 Å². The third-order valence-corrected chi connectivity index (χ3v) is 5.94. The Morgan fingerprint density at radius 2 is 1.87 bits per heavy atom. The second kappa shape index (κ2) is 5.90. The summed E-state index contributed by atoms with van der Waals surface area (Å²) in [6.07, 6.45) is 4.54. The van der Waals surface area contributed by atoms with E-state index in [-0.39, 0.29) is 4.90 Å². The smallest absolute Gasteiger partial charge is 0.324 e. The van der Waals surface area contributed by atoms with E-state index in [2.05, 4.69) is 9.71 Å². The Balaban J connectivity index is 2.05. The number of aliphatic carboxylic acids is 1. The number of sulfonamides is 1. The number of nitrogens with zero attached hydrogens (tertiary/aromatic N) is 1. The second-order valence-corrected chi connectivity index (χ2v) is 7.53. The van der Waals surface area contributed by atoms with E-state index in [1.807, 2.05) is 0 Å². The number of fused-ring (bicyclic) bond motifs is 1. The number of carboxylic acid groups (broad SMARTS) is 1. The molecule has 2 aromatic rings. The molecule has 0 unspecified atom stereocenters. The normalized spacial score (nSPS) is 17.9. The van der Waals surface area contributed by atoms with Crippen LogP contribution in [0, 0.1) is 0 Å². The largest absolute Gasteiger partial charge is 0.480 e. The quantitative estimate of drug-likeness (QED) is 0.894. The molecule has 2 N–H and O–H groups in total. The molecule has 1 fully saturated rings. The first-order valence-electron chi connectivity index (χ1n) is 7.56. The highest BCUT2D eigenvalue weighted by atomic mass is 32.2. The molecule has 0 radical (unpaired) electrons. The molecule has 1 saturated carbocycles. The molecule has 23 heavy (non-hydrogen) atoms. The van der Waals surface area contributed by atoms with Gasteiger partial charge in [-0.1, -0.05) is 25.3 Å². The molecule has 122 valence electrons. The predicted octanol–water partition coefficient (Wildman–Crippen LogP) is 2.30. The van der Waals surface area contributed by atoms with E-state index in [0.29, 0.717) is 36.6 Å². The molecule has 0 amide bonds. The molecule has 7 heteroatoms. The van der Waals surface area contributed by atoms with Gasteiger partial charge in [-0.05, 0) is 37.1 Å². The van der Waals surface area contributed by atoms with Gasteiger partial charge in [-0.2, -0.15) is 4.72 Å². The number of pyridine rings is 1. The van der Waals surface area contributed by atoms with E-state index in [0.717, 1.165) is 6.42 Å². The van der Waals surface area contributed by atoms with Crippen molar-refractivity contribution in [2.45, 2.75) is 42.5 Å². The topological polar surface area (TPSA) is 96.4 Å². The first-order chi connectivity index (χ1) is 10.9. The Kier molecular flexibility index (Phi) is 4.08. The number of aromatic nitrogens is 1. The molecule has 6 nitrogen and oxygen atoms in total. The van der Waals surface area contributed by atoms with Gasteiger partial charge in [0.2, 0.25) is 10.0 Å². The summed E-state index contributed by atoms with van der Waals surface area (Å²) in [5.41, 5.74) is -0.857. The molecule has 1 aliphatic carbocycles. The molecule has 1 aromatic carbocycles. The van der Waals surface area contributed by atoms with Gasteiger partial charge in [0.15, 0.2) is 0 Å². The number of benzene rings is 1. The SMILES string of the molecule is O=C(O)C1(NS(=O)(=O)c2cccc3ncccc23)CCCCC1. The van der Waals surface area contributed by atoms with Crippen LogP contribution < -0.4 is 4.72 Å². The molecule has 0 spiro atoms. The molecule has 1 heterocycles. The number of carbonyl (C=O) groups is 1. The predicted molar refractivity (Wildman–Crippen MR) is 85.5 cm³/mol. The number of nitrogens with one attached hydrogen (secondary N) is 1. The summed E-state index contributed by atoms with van der Waals surface area (Å²) in [6.45, 7) is 0. The van der Waals surface area contributed by atoms with Crippen molar-refractivity contribution >= 4 is 26.9 Å². The second-order valence-electron chi connectivity index (χ2n) is 5.88. The average Bonchev–Trinajstić information content (AvgIpc) is 2.54. The lowest BCUT2D eigenvalue weighted by molar-refractivity contribution is -0.145. The molecule has 1 aliphatic rings. The van der Waals surface area contributed by atoms with Crippen molar-refractivity contribution in [3.8, 4) is 0 Å². The lowest BCUT2D eigenvalue weighted by Gasteiger charge is -2.33. The first kappa shape index (κ1) is 15.9. The molecule has 0 saturated heterocycles. The van der Waals surface area contributed by atoms with Gasteiger partial charge in [-0.15, -0.1) is 0 Å². The van der Waals surface area contributed by atoms with Crippen molar-refractivity contribution in [3.05, 3.63) is 36.5 Å². The lowest BCUT2D eigenvalue weighted by Crippen LogP contribution is -2.55. The number of hydrogen-bond donors (Lipinski definition) is 2. The summed E-state index contributed by atoms with van der Waals surface area (Å²) >= 11 is 0. The van der Waals surface area contributed by atoms with Gasteiger partial charge in [0.1, 0.15) is 5.54 Å². The molecule has 1 aromatic heterocycles. The molecular weight excluding hydrogens is 316 g/mol. The zero-order chi connectivity index (χ0) is 16.5. The van der Waals surface area contributed by atoms with Gasteiger partial charge in [0, 0.05) is 11.6 Å². The van der Waals surface area contributed by atoms with Crippen molar-refractivity contribution in [2.75, 3.05) is 0 Å². The fourth-order valence-electron chi connectivity index (χ4n) is 3.14. The summed E-state index contributed by atoms with van der Waals surface area (Å²) in [6, 6.07) is 8.14. The van der Waals surface area contributed by atoms with Crippen LogP contribution in [0.1, 0.15) is 32.1 Å². The molecule has 0 bridgehead atoms. The Bertz CT molecular complexity index is 837. The van der Waals surface area contributed by atoms with Crippen LogP contribution in [0.15, 0.2) is 41.4 Å². The zero-order valence-corrected chi connectivity index (χ0v) is 13.3. The first-order valence-corrected chi connectivity index (χ1v) is 9.04. The highest BCUT2D eigenvalue weighted by molar-refractivity contribution is 7.89. The van der Waals surface area contributed by atoms with Crippen molar-refractivity contribution in [2.24, 2.45) is 0 Å². The van der Waals surface area contributed by atoms with Crippen LogP contribution in [0.25, 0.3) is 10.9 Å². The van der Waals surface area contributed by atoms with E-state index in [4.69, 9.17) is 0 Å². The lowest BCUT2D eigenvalue weighted by atomic mass is 9.83. The summed E-state index contributed by atoms with van der Waals surface area (Å²) in [5.74, 6) is -1.11. The maximum absolute atomic E-state index is 12.8. The monoisotopic (exact) mass is 334 g/mol. The van der Waals surface area contributed by atoms with Crippen molar-refractivity contribution in [3.63, 3.8) is 0 Å². The summed E-state index contributed by atoms with van der Waals surface area (Å²) in [4.78, 5) is 15.9. The van der Waals surface area contributed by atoms with Gasteiger partial charge in [0.05, 0.1) is 10.4 Å². The van der Waals surface area contributed by atoms with Gasteiger partial charge >= 0.3 is 5.97 Å². The maximum atomic E-state index is 12.8. The van der Waals surface area contributed by atoms with Crippen LogP contribution in [-0.4, -0.2) is 30.0 Å². The fraction of sp³-hybridized carbons (Fsp3) is 0.375. The van der Waals surface area contributed by atoms with Crippen LogP contribution in [0.3, 0.4) is 0 Å². The van der Waals surface area contributed by atoms with Crippen molar-refractivity contribution < 1.29 is 18.3 Å². The minimum absolute atomic E-state index is 0.0642. The maximum Gasteiger partial charge on any atom is 0.324 e. The van der Waals surface area contributed by atoms with Crippen LogP contribution in [0.4, 0.5) is 0 Å². The number of hydrogen-bond acceptors (Lipinski definition) is 4. The van der Waals surface area contributed by atoms with Crippen molar-refractivity contribution in [1.29, 1.82) is 0 Å². The molecule has 3 rings (SSSR count). The Labute approximate surface area is 134 Å².